The van der Waals surface area contributed by atoms with Crippen LogP contribution in [-0.4, -0.2) is 79.8 Å². The van der Waals surface area contributed by atoms with Crippen LogP contribution in [0.3, 0.4) is 0 Å². The van der Waals surface area contributed by atoms with E-state index in [0.717, 1.165) is 69.3 Å². The largest absolute Gasteiger partial charge is 0.386 e. The van der Waals surface area contributed by atoms with Crippen molar-refractivity contribution in [3.05, 3.63) is 88.9 Å². The summed E-state index contributed by atoms with van der Waals surface area (Å²) in [5.74, 6) is -2.14. The first-order chi connectivity index (χ1) is 28.8. The fourth-order valence-electron chi connectivity index (χ4n) is 10.1. The van der Waals surface area contributed by atoms with Crippen LogP contribution >= 0.6 is 0 Å². The van der Waals surface area contributed by atoms with Crippen LogP contribution in [0.1, 0.15) is 104 Å². The Kier molecular flexibility index (Phi) is 10.4. The van der Waals surface area contributed by atoms with E-state index in [1.54, 1.807) is 32.0 Å². The van der Waals surface area contributed by atoms with Gasteiger partial charge in [0, 0.05) is 66.1 Å². The van der Waals surface area contributed by atoms with Crippen molar-refractivity contribution in [2.24, 2.45) is 17.8 Å². The monoisotopic (exact) mass is 817 g/mol. The summed E-state index contributed by atoms with van der Waals surface area (Å²) in [7, 11) is 0. The molecule has 3 N–H and O–H groups in total. The van der Waals surface area contributed by atoms with Crippen LogP contribution in [0, 0.1) is 40.7 Å². The number of piperidine rings is 2. The number of benzene rings is 2. The Labute approximate surface area is 346 Å². The quantitative estimate of drug-likeness (QED) is 0.143. The van der Waals surface area contributed by atoms with Gasteiger partial charge in [-0.25, -0.2) is 13.3 Å². The Hall–Kier alpha value is -5.72. The van der Waals surface area contributed by atoms with Crippen LogP contribution in [0.4, 0.5) is 20.2 Å². The van der Waals surface area contributed by atoms with Gasteiger partial charge in [-0.2, -0.15) is 15.5 Å². The smallest absolute Gasteiger partial charge is 0.274 e. The summed E-state index contributed by atoms with van der Waals surface area (Å²) in [6.07, 6.45) is 10.3. The third-order valence-corrected chi connectivity index (χ3v) is 13.3. The number of carbonyl (C=O) groups is 3. The molecule has 4 aliphatic rings. The minimum Gasteiger partial charge on any atom is -0.386 e. The normalized spacial score (nSPS) is 22.2. The molecule has 5 aromatic rings. The van der Waals surface area contributed by atoms with Crippen LogP contribution in [0.15, 0.2) is 54.9 Å². The fraction of sp³-hybridized carbons (Fsp3) is 0.467. The second-order valence-electron chi connectivity index (χ2n) is 17.8. The minimum absolute atomic E-state index is 0.0639. The van der Waals surface area contributed by atoms with E-state index in [9.17, 15) is 24.8 Å². The van der Waals surface area contributed by atoms with E-state index in [-0.39, 0.29) is 30.4 Å². The summed E-state index contributed by atoms with van der Waals surface area (Å²) in [5, 5.41) is 35.7. The van der Waals surface area contributed by atoms with E-state index < -0.39 is 35.0 Å². The summed E-state index contributed by atoms with van der Waals surface area (Å²) in [5.41, 5.74) is 2.15. The van der Waals surface area contributed by atoms with Crippen molar-refractivity contribution < 1.29 is 28.3 Å². The number of nitrogens with one attached hydrogen (secondary N) is 2. The number of amides is 3. The molecule has 1 atom stereocenters. The molecule has 3 aromatic heterocycles. The number of halogens is 2. The van der Waals surface area contributed by atoms with Gasteiger partial charge in [0.25, 0.3) is 5.91 Å². The molecule has 0 unspecified atom stereocenters. The van der Waals surface area contributed by atoms with Crippen molar-refractivity contribution in [2.75, 3.05) is 42.9 Å². The van der Waals surface area contributed by atoms with Crippen LogP contribution in [0.5, 0.6) is 0 Å². The SMILES string of the molecule is CC(C)(O)c1cc2nn(C3CCC(C4CCN(CC5CN(c6cc(F)c([C@H]7CCC(=O)NC7=O)c(F)c6)C5)CC4)CC3)cc2cc1NC(=O)c1ccc2cc(C#N)cnn12. The van der Waals surface area contributed by atoms with Crippen molar-refractivity contribution in [2.45, 2.75) is 82.8 Å². The van der Waals surface area contributed by atoms with Crippen LogP contribution in [-0.2, 0) is 15.2 Å². The molecule has 312 valence electrons. The Balaban J connectivity index is 0.766. The van der Waals surface area contributed by atoms with Crippen LogP contribution in [0.25, 0.3) is 16.4 Å². The molecule has 0 bridgehead atoms. The average molecular weight is 818 g/mol. The maximum Gasteiger partial charge on any atom is 0.274 e. The highest BCUT2D eigenvalue weighted by molar-refractivity contribution is 6.05. The highest BCUT2D eigenvalue weighted by atomic mass is 19.1. The van der Waals surface area contributed by atoms with E-state index in [2.05, 4.69) is 31.4 Å². The molecule has 6 heterocycles. The molecule has 0 radical (unpaired) electrons. The number of rotatable bonds is 9. The van der Waals surface area contributed by atoms with Gasteiger partial charge in [-0.15, -0.1) is 0 Å². The van der Waals surface area contributed by atoms with Gasteiger partial charge in [0.05, 0.1) is 40.4 Å². The van der Waals surface area contributed by atoms with Gasteiger partial charge in [-0.3, -0.25) is 24.4 Å². The predicted octanol–water partition coefficient (Wildman–Crippen LogP) is 6.41. The third kappa shape index (κ3) is 7.74. The van der Waals surface area contributed by atoms with E-state index in [4.69, 9.17) is 5.10 Å². The predicted molar refractivity (Wildman–Crippen MR) is 220 cm³/mol. The minimum atomic E-state index is -1.25. The van der Waals surface area contributed by atoms with E-state index >= 15 is 8.78 Å². The lowest BCUT2D eigenvalue weighted by molar-refractivity contribution is -0.134. The molecule has 4 fully saturated rings. The Bertz CT molecular complexity index is 2510. The van der Waals surface area contributed by atoms with Gasteiger partial charge in [0.2, 0.25) is 11.8 Å². The number of imide groups is 1. The standard InChI is InChI=1S/C45H49F2N9O4/c1-45(2,60)35-19-38-30(16-39(35)50-44(59)40-9-7-32-15-26(20-48)21-49-56(32)40)25-55(52-38)31-5-3-28(4-6-31)29-11-13-53(14-12-29)22-27-23-54(24-27)33-17-36(46)42(37(47)18-33)34-8-10-41(57)51-43(34)58/h7,9,15-19,21,25,27-29,31,34,60H,3-6,8,10-14,22-24H2,1-2H3,(H,50,59)(H,51,57,58)/t28?,31?,34-/m1/s1. The Morgan fingerprint density at radius 3 is 2.38 bits per heavy atom. The van der Waals surface area contributed by atoms with Gasteiger partial charge in [-0.05, 0) is 126 Å². The number of carbonyl (C=O) groups excluding carboxylic acids is 3. The van der Waals surface area contributed by atoms with Gasteiger partial charge < -0.3 is 20.2 Å². The molecular weight excluding hydrogens is 769 g/mol. The topological polar surface area (TPSA) is 161 Å². The average Bonchev–Trinajstić information content (AvgIpc) is 3.83. The van der Waals surface area contributed by atoms with E-state index in [0.29, 0.717) is 51.5 Å². The molecule has 15 heteroatoms. The first kappa shape index (κ1) is 39.7. The van der Waals surface area contributed by atoms with Crippen molar-refractivity contribution in [1.29, 1.82) is 5.26 Å². The second kappa shape index (κ2) is 15.7. The lowest BCUT2D eigenvalue weighted by Gasteiger charge is -2.45. The number of aliphatic hydroxyl groups is 1. The maximum absolute atomic E-state index is 15.1. The summed E-state index contributed by atoms with van der Waals surface area (Å²) in [6.45, 7) is 7.90. The van der Waals surface area contributed by atoms with E-state index in [1.165, 1.54) is 35.7 Å². The lowest BCUT2D eigenvalue weighted by atomic mass is 9.74. The number of likely N-dealkylation sites (tertiary alicyclic amines) is 1. The van der Waals surface area contributed by atoms with Crippen molar-refractivity contribution in [3.8, 4) is 6.07 Å². The van der Waals surface area contributed by atoms with Gasteiger partial charge in [0.15, 0.2) is 0 Å². The van der Waals surface area contributed by atoms with Gasteiger partial charge >= 0.3 is 0 Å². The number of aromatic nitrogens is 4. The van der Waals surface area contributed by atoms with Crippen LogP contribution in [0.2, 0.25) is 0 Å². The van der Waals surface area contributed by atoms with Gasteiger partial charge in [0.1, 0.15) is 23.4 Å². The number of hydrogen-bond donors (Lipinski definition) is 3. The van der Waals surface area contributed by atoms with Crippen molar-refractivity contribution in [3.63, 3.8) is 0 Å². The van der Waals surface area contributed by atoms with Crippen LogP contribution < -0.4 is 15.5 Å². The zero-order valence-corrected chi connectivity index (χ0v) is 33.8. The molecule has 9 rings (SSSR count). The second-order valence-corrected chi connectivity index (χ2v) is 17.8. The third-order valence-electron chi connectivity index (χ3n) is 13.3. The number of nitrogens with zero attached hydrogens (tertiary/aromatic N) is 7. The number of nitriles is 1. The number of fused-ring (bicyclic) bond motifs is 2. The first-order valence-corrected chi connectivity index (χ1v) is 21.1. The van der Waals surface area contributed by atoms with E-state index in [1.807, 2.05) is 23.2 Å². The summed E-state index contributed by atoms with van der Waals surface area (Å²) < 4.78 is 33.8. The Morgan fingerprint density at radius 1 is 0.983 bits per heavy atom. The van der Waals surface area contributed by atoms with Crippen molar-refractivity contribution in [1.82, 2.24) is 29.6 Å². The summed E-state index contributed by atoms with van der Waals surface area (Å²) >= 11 is 0. The molecule has 1 aliphatic carbocycles. The molecule has 13 nitrogen and oxygen atoms in total. The summed E-state index contributed by atoms with van der Waals surface area (Å²) in [6, 6.07) is 13.8. The Morgan fingerprint density at radius 2 is 1.70 bits per heavy atom. The molecule has 60 heavy (non-hydrogen) atoms. The highest BCUT2D eigenvalue weighted by Crippen LogP contribution is 2.41. The van der Waals surface area contributed by atoms with Gasteiger partial charge in [-0.1, -0.05) is 0 Å². The zero-order chi connectivity index (χ0) is 41.9. The summed E-state index contributed by atoms with van der Waals surface area (Å²) in [4.78, 5) is 41.8. The molecule has 1 saturated carbocycles. The molecular formula is C45H49F2N9O4. The number of anilines is 2. The molecule has 0 spiro atoms. The lowest BCUT2D eigenvalue weighted by Crippen LogP contribution is -2.52. The molecule has 3 aliphatic heterocycles. The highest BCUT2D eigenvalue weighted by Gasteiger charge is 2.36. The maximum atomic E-state index is 15.1. The first-order valence-electron chi connectivity index (χ1n) is 21.1. The molecule has 2 aromatic carbocycles. The number of hydrogen-bond acceptors (Lipinski definition) is 9. The molecule has 3 saturated heterocycles. The zero-order valence-electron chi connectivity index (χ0n) is 33.8. The molecule has 3 amide bonds. The van der Waals surface area contributed by atoms with Crippen molar-refractivity contribution >= 4 is 45.5 Å². The fourth-order valence-corrected chi connectivity index (χ4v) is 10.1.